The second kappa shape index (κ2) is 6.74. The number of benzene rings is 1. The van der Waals surface area contributed by atoms with Gasteiger partial charge in [-0.25, -0.2) is 0 Å². The Morgan fingerprint density at radius 3 is 2.83 bits per heavy atom. The average molecular weight is 309 g/mol. The molecule has 0 aromatic heterocycles. The molecule has 2 aliphatic rings. The summed E-state index contributed by atoms with van der Waals surface area (Å²) in [7, 11) is 0. The third kappa shape index (κ3) is 3.26. The molecule has 0 spiro atoms. The lowest BCUT2D eigenvalue weighted by Gasteiger charge is -2.46. The second-order valence-corrected chi connectivity index (χ2v) is 7.11. The van der Waals surface area contributed by atoms with Gasteiger partial charge in [0.1, 0.15) is 5.75 Å². The van der Waals surface area contributed by atoms with Crippen LogP contribution in [0.15, 0.2) is 54.6 Å². The fourth-order valence-electron chi connectivity index (χ4n) is 4.52. The summed E-state index contributed by atoms with van der Waals surface area (Å²) >= 11 is 0. The van der Waals surface area contributed by atoms with Gasteiger partial charge >= 0.3 is 0 Å². The molecule has 3 rings (SSSR count). The SMILES string of the molecule is C=CCC1C(Cc2ccccc2O)=NC2(CC=C)CCCC1C2. The zero-order valence-corrected chi connectivity index (χ0v) is 13.9. The number of phenolic OH excluding ortho intramolecular Hbond substituents is 1. The first kappa shape index (κ1) is 16.0. The Kier molecular flexibility index (Phi) is 4.70. The minimum Gasteiger partial charge on any atom is -0.508 e. The minimum absolute atomic E-state index is 0.0576. The number of para-hydroxylation sites is 1. The van der Waals surface area contributed by atoms with Crippen LogP contribution in [0.5, 0.6) is 5.75 Å². The third-order valence-corrected chi connectivity index (χ3v) is 5.55. The Hall–Kier alpha value is -1.83. The number of rotatable bonds is 6. The summed E-state index contributed by atoms with van der Waals surface area (Å²) in [5, 5.41) is 10.1. The quantitative estimate of drug-likeness (QED) is 0.730. The van der Waals surface area contributed by atoms with Gasteiger partial charge in [0.2, 0.25) is 0 Å². The number of hydrogen-bond acceptors (Lipinski definition) is 2. The molecule has 1 aliphatic heterocycles. The van der Waals surface area contributed by atoms with E-state index in [9.17, 15) is 5.11 Å². The van der Waals surface area contributed by atoms with Gasteiger partial charge in [0.25, 0.3) is 0 Å². The monoisotopic (exact) mass is 309 g/mol. The number of fused-ring (bicyclic) bond motifs is 2. The fraction of sp³-hybridized carbons (Fsp3) is 0.476. The summed E-state index contributed by atoms with van der Waals surface area (Å²) in [6.07, 6.45) is 11.7. The van der Waals surface area contributed by atoms with Crippen molar-refractivity contribution in [1.82, 2.24) is 0 Å². The van der Waals surface area contributed by atoms with Crippen LogP contribution in [0.4, 0.5) is 0 Å². The first-order valence-corrected chi connectivity index (χ1v) is 8.75. The van der Waals surface area contributed by atoms with Crippen molar-refractivity contribution < 1.29 is 5.11 Å². The molecule has 1 heterocycles. The average Bonchev–Trinajstić information content (AvgIpc) is 2.54. The molecule has 0 saturated heterocycles. The maximum atomic E-state index is 10.1. The van der Waals surface area contributed by atoms with Crippen LogP contribution in [0, 0.1) is 11.8 Å². The van der Waals surface area contributed by atoms with Gasteiger partial charge in [-0.2, -0.15) is 0 Å². The molecular formula is C21H27NO. The molecule has 122 valence electrons. The van der Waals surface area contributed by atoms with Crippen LogP contribution in [0.25, 0.3) is 0 Å². The van der Waals surface area contributed by atoms with E-state index in [0.717, 1.165) is 24.8 Å². The van der Waals surface area contributed by atoms with Crippen molar-refractivity contribution in [3.8, 4) is 5.75 Å². The summed E-state index contributed by atoms with van der Waals surface area (Å²) < 4.78 is 0. The molecule has 1 saturated carbocycles. The highest BCUT2D eigenvalue weighted by Gasteiger charge is 2.43. The molecule has 0 radical (unpaired) electrons. The molecule has 0 amide bonds. The Morgan fingerprint density at radius 2 is 2.09 bits per heavy atom. The van der Waals surface area contributed by atoms with Gasteiger partial charge in [-0.3, -0.25) is 4.99 Å². The third-order valence-electron chi connectivity index (χ3n) is 5.55. The van der Waals surface area contributed by atoms with Crippen LogP contribution in [-0.2, 0) is 6.42 Å². The largest absolute Gasteiger partial charge is 0.508 e. The summed E-state index contributed by atoms with van der Waals surface area (Å²) in [5.41, 5.74) is 2.29. The van der Waals surface area contributed by atoms with Gasteiger partial charge in [-0.15, -0.1) is 13.2 Å². The lowest BCUT2D eigenvalue weighted by molar-refractivity contribution is 0.178. The predicted octanol–water partition coefficient (Wildman–Crippen LogP) is 5.09. The topological polar surface area (TPSA) is 32.6 Å². The van der Waals surface area contributed by atoms with Gasteiger partial charge in [0, 0.05) is 18.1 Å². The minimum atomic E-state index is 0.0576. The summed E-state index contributed by atoms with van der Waals surface area (Å²) in [4.78, 5) is 5.25. The zero-order valence-electron chi connectivity index (χ0n) is 13.9. The van der Waals surface area contributed by atoms with E-state index in [4.69, 9.17) is 4.99 Å². The van der Waals surface area contributed by atoms with Crippen LogP contribution in [0.3, 0.4) is 0 Å². The summed E-state index contributed by atoms with van der Waals surface area (Å²) in [6, 6.07) is 7.63. The number of nitrogens with zero attached hydrogens (tertiary/aromatic N) is 1. The lowest BCUT2D eigenvalue weighted by atomic mass is 9.65. The van der Waals surface area contributed by atoms with Crippen molar-refractivity contribution in [2.45, 2.75) is 50.5 Å². The molecular weight excluding hydrogens is 282 g/mol. The van der Waals surface area contributed by atoms with Crippen LogP contribution in [0.1, 0.15) is 44.1 Å². The van der Waals surface area contributed by atoms with E-state index in [-0.39, 0.29) is 5.54 Å². The van der Waals surface area contributed by atoms with Crippen molar-refractivity contribution in [2.75, 3.05) is 0 Å². The molecule has 23 heavy (non-hydrogen) atoms. The van der Waals surface area contributed by atoms with E-state index in [1.54, 1.807) is 6.07 Å². The normalized spacial score (nSPS) is 29.7. The maximum Gasteiger partial charge on any atom is 0.119 e. The molecule has 2 bridgehead atoms. The number of aliphatic imine (C=N–C) groups is 1. The molecule has 1 fully saturated rings. The van der Waals surface area contributed by atoms with Crippen LogP contribution >= 0.6 is 0 Å². The predicted molar refractivity (Wildman–Crippen MR) is 97.1 cm³/mol. The van der Waals surface area contributed by atoms with Crippen LogP contribution in [0.2, 0.25) is 0 Å². The van der Waals surface area contributed by atoms with Crippen LogP contribution in [-0.4, -0.2) is 16.4 Å². The molecule has 2 nitrogen and oxygen atoms in total. The van der Waals surface area contributed by atoms with Gasteiger partial charge in [0.05, 0.1) is 5.54 Å². The molecule has 2 heteroatoms. The molecule has 1 aromatic carbocycles. The van der Waals surface area contributed by atoms with Crippen molar-refractivity contribution in [3.05, 3.63) is 55.1 Å². The molecule has 3 atom stereocenters. The zero-order chi connectivity index (χ0) is 16.3. The van der Waals surface area contributed by atoms with Crippen molar-refractivity contribution >= 4 is 5.71 Å². The first-order valence-electron chi connectivity index (χ1n) is 8.75. The fourth-order valence-corrected chi connectivity index (χ4v) is 4.52. The Labute approximate surface area is 139 Å². The molecule has 3 unspecified atom stereocenters. The van der Waals surface area contributed by atoms with E-state index in [2.05, 4.69) is 13.2 Å². The highest BCUT2D eigenvalue weighted by Crippen LogP contribution is 2.47. The van der Waals surface area contributed by atoms with Gasteiger partial charge in [-0.1, -0.05) is 36.8 Å². The second-order valence-electron chi connectivity index (χ2n) is 7.11. The molecule has 1 aliphatic carbocycles. The van der Waals surface area contributed by atoms with E-state index in [0.29, 0.717) is 17.6 Å². The Balaban J connectivity index is 1.96. The first-order chi connectivity index (χ1) is 11.2. The van der Waals surface area contributed by atoms with Gasteiger partial charge in [0.15, 0.2) is 0 Å². The lowest BCUT2D eigenvalue weighted by Crippen LogP contribution is -2.44. The Bertz CT molecular complexity index is 618. The van der Waals surface area contributed by atoms with Crippen molar-refractivity contribution in [2.24, 2.45) is 16.8 Å². The van der Waals surface area contributed by atoms with E-state index in [1.165, 1.54) is 31.4 Å². The highest BCUT2D eigenvalue weighted by atomic mass is 16.3. The van der Waals surface area contributed by atoms with E-state index in [1.807, 2.05) is 30.4 Å². The van der Waals surface area contributed by atoms with Gasteiger partial charge in [-0.05, 0) is 49.7 Å². The van der Waals surface area contributed by atoms with Crippen LogP contribution < -0.4 is 0 Å². The smallest absolute Gasteiger partial charge is 0.119 e. The maximum absolute atomic E-state index is 10.1. The van der Waals surface area contributed by atoms with Crippen molar-refractivity contribution in [1.29, 1.82) is 0 Å². The number of aromatic hydroxyl groups is 1. The number of allylic oxidation sites excluding steroid dienone is 1. The summed E-state index contributed by atoms with van der Waals surface area (Å²) in [6.45, 7) is 7.90. The molecule has 1 aromatic rings. The standard InChI is InChI=1S/C21H27NO/c1-3-8-18-17-10-7-13-21(15-17,12-4-2)22-19(18)14-16-9-5-6-11-20(16)23/h3-6,9,11,17-18,23H,1-2,7-8,10,12-15H2. The van der Waals surface area contributed by atoms with E-state index < -0.39 is 0 Å². The van der Waals surface area contributed by atoms with E-state index >= 15 is 0 Å². The number of phenols is 1. The highest BCUT2D eigenvalue weighted by molar-refractivity contribution is 5.90. The Morgan fingerprint density at radius 1 is 1.26 bits per heavy atom. The van der Waals surface area contributed by atoms with Gasteiger partial charge < -0.3 is 5.11 Å². The summed E-state index contributed by atoms with van der Waals surface area (Å²) in [5.74, 6) is 1.55. The number of hydrogen-bond donors (Lipinski definition) is 1. The van der Waals surface area contributed by atoms with Crippen molar-refractivity contribution in [3.63, 3.8) is 0 Å². The molecule has 1 N–H and O–H groups in total.